The van der Waals surface area contributed by atoms with Gasteiger partial charge in [-0.05, 0) is 44.4 Å². The van der Waals surface area contributed by atoms with Crippen LogP contribution in [0.25, 0.3) is 0 Å². The van der Waals surface area contributed by atoms with Gasteiger partial charge in [0.1, 0.15) is 5.78 Å². The third kappa shape index (κ3) is 7.90. The van der Waals surface area contributed by atoms with Crippen LogP contribution in [0.3, 0.4) is 0 Å². The molecule has 1 N–H and O–H groups in total. The molecule has 3 heteroatoms. The van der Waals surface area contributed by atoms with Crippen LogP contribution in [0.5, 0.6) is 0 Å². The van der Waals surface area contributed by atoms with Crippen LogP contribution >= 0.6 is 0 Å². The Hall–Kier alpha value is -0.860. The first-order valence-electron chi connectivity index (χ1n) is 14.0. The first kappa shape index (κ1) is 24.8. The van der Waals surface area contributed by atoms with E-state index in [4.69, 9.17) is 0 Å². The molecule has 0 aromatic heterocycles. The highest BCUT2D eigenvalue weighted by Gasteiger charge is 2.55. The van der Waals surface area contributed by atoms with Crippen molar-refractivity contribution in [1.29, 1.82) is 0 Å². The Morgan fingerprint density at radius 3 is 1.68 bits per heavy atom. The van der Waals surface area contributed by atoms with Crippen molar-refractivity contribution >= 4 is 11.7 Å². The molecule has 0 aliphatic heterocycles. The minimum Gasteiger partial charge on any atom is -0.351 e. The summed E-state index contributed by atoms with van der Waals surface area (Å²) in [6, 6.07) is 0. The molecular weight excluding hydrogens is 382 g/mol. The smallest absolute Gasteiger partial charge is 0.220 e. The van der Waals surface area contributed by atoms with Gasteiger partial charge in [-0.1, -0.05) is 96.8 Å². The lowest BCUT2D eigenvalue weighted by Crippen LogP contribution is -2.62. The molecule has 4 aliphatic carbocycles. The number of ketones is 1. The highest BCUT2D eigenvalue weighted by atomic mass is 16.2. The fraction of sp³-hybridized carbons (Fsp3) is 0.929. The van der Waals surface area contributed by atoms with Crippen LogP contribution in [0.2, 0.25) is 0 Å². The Morgan fingerprint density at radius 1 is 0.742 bits per heavy atom. The Kier molecular flexibility index (Phi) is 10.4. The van der Waals surface area contributed by atoms with E-state index in [-0.39, 0.29) is 23.3 Å². The summed E-state index contributed by atoms with van der Waals surface area (Å²) in [7, 11) is 0. The normalized spacial score (nSPS) is 28.9. The molecule has 4 saturated carbocycles. The zero-order valence-electron chi connectivity index (χ0n) is 20.4. The summed E-state index contributed by atoms with van der Waals surface area (Å²) in [5.41, 5.74) is -0.0308. The van der Waals surface area contributed by atoms with Crippen molar-refractivity contribution in [3.63, 3.8) is 0 Å². The van der Waals surface area contributed by atoms with Gasteiger partial charge in [-0.3, -0.25) is 9.59 Å². The molecule has 0 heterocycles. The number of Topliss-reactive ketones (excluding diaryl/α,β-unsaturated/α-hetero) is 1. The van der Waals surface area contributed by atoms with E-state index in [0.29, 0.717) is 18.1 Å². The van der Waals surface area contributed by atoms with E-state index in [1.807, 2.05) is 0 Å². The van der Waals surface area contributed by atoms with E-state index < -0.39 is 0 Å². The van der Waals surface area contributed by atoms with Crippen LogP contribution in [0.4, 0.5) is 0 Å². The highest BCUT2D eigenvalue weighted by molar-refractivity contribution is 5.86. The van der Waals surface area contributed by atoms with Gasteiger partial charge in [0.05, 0.1) is 0 Å². The number of hydrogen-bond donors (Lipinski definition) is 1. The van der Waals surface area contributed by atoms with Crippen molar-refractivity contribution in [2.45, 2.75) is 147 Å². The van der Waals surface area contributed by atoms with Crippen LogP contribution in [-0.4, -0.2) is 17.2 Å². The lowest BCUT2D eigenvalue weighted by molar-refractivity contribution is -0.146. The maximum Gasteiger partial charge on any atom is 0.220 e. The molecule has 0 aromatic carbocycles. The zero-order valence-corrected chi connectivity index (χ0v) is 20.4. The van der Waals surface area contributed by atoms with Crippen molar-refractivity contribution in [1.82, 2.24) is 5.32 Å². The topological polar surface area (TPSA) is 46.2 Å². The summed E-state index contributed by atoms with van der Waals surface area (Å²) in [6.45, 7) is 2.28. The number of carbonyl (C=O) groups excluding carboxylic acids is 2. The fourth-order valence-electron chi connectivity index (χ4n) is 6.92. The number of nitrogens with one attached hydrogen (secondary N) is 1. The maximum absolute atomic E-state index is 12.5. The van der Waals surface area contributed by atoms with Crippen LogP contribution in [0.1, 0.15) is 142 Å². The number of amides is 1. The fourth-order valence-corrected chi connectivity index (χ4v) is 6.92. The first-order valence-corrected chi connectivity index (χ1v) is 14.0. The summed E-state index contributed by atoms with van der Waals surface area (Å²) in [5.74, 6) is 1.92. The van der Waals surface area contributed by atoms with Crippen molar-refractivity contribution < 1.29 is 9.59 Å². The van der Waals surface area contributed by atoms with Gasteiger partial charge in [0.15, 0.2) is 0 Å². The molecule has 2 atom stereocenters. The average molecular weight is 432 g/mol. The predicted octanol–water partition coefficient (Wildman–Crippen LogP) is 7.51. The summed E-state index contributed by atoms with van der Waals surface area (Å²) in [5, 5.41) is 3.40. The third-order valence-electron chi connectivity index (χ3n) is 8.41. The van der Waals surface area contributed by atoms with E-state index in [0.717, 1.165) is 38.5 Å². The molecule has 4 bridgehead atoms. The van der Waals surface area contributed by atoms with Gasteiger partial charge in [-0.15, -0.1) is 0 Å². The minimum absolute atomic E-state index is 0.0308. The molecular formula is C28H49NO2. The Balaban J connectivity index is 1.12. The molecule has 4 aliphatic rings. The molecule has 178 valence electrons. The molecule has 4 rings (SSSR count). The Morgan fingerprint density at radius 2 is 1.19 bits per heavy atom. The average Bonchev–Trinajstić information content (AvgIpc) is 2.73. The second kappa shape index (κ2) is 13.0. The highest BCUT2D eigenvalue weighted by Crippen LogP contribution is 2.54. The molecule has 0 saturated heterocycles. The van der Waals surface area contributed by atoms with E-state index in [2.05, 4.69) is 12.2 Å². The van der Waals surface area contributed by atoms with Crippen LogP contribution in [0.15, 0.2) is 0 Å². The summed E-state index contributed by atoms with van der Waals surface area (Å²) >= 11 is 0. The predicted molar refractivity (Wildman–Crippen MR) is 129 cm³/mol. The molecule has 0 radical (unpaired) electrons. The third-order valence-corrected chi connectivity index (χ3v) is 8.41. The second-order valence-corrected chi connectivity index (χ2v) is 11.3. The van der Waals surface area contributed by atoms with E-state index >= 15 is 0 Å². The SMILES string of the molecule is CCCCCCCCCCCCCCCCCC(=O)NC12CC3CC(C1)C(=O)C(C3)C2. The summed E-state index contributed by atoms with van der Waals surface area (Å²) in [4.78, 5) is 24.9. The van der Waals surface area contributed by atoms with Crippen molar-refractivity contribution in [3.05, 3.63) is 0 Å². The molecule has 1 amide bonds. The van der Waals surface area contributed by atoms with Gasteiger partial charge in [-0.25, -0.2) is 0 Å². The number of rotatable bonds is 17. The largest absolute Gasteiger partial charge is 0.351 e. The van der Waals surface area contributed by atoms with Gasteiger partial charge in [0, 0.05) is 23.8 Å². The van der Waals surface area contributed by atoms with E-state index in [1.165, 1.54) is 89.9 Å². The molecule has 3 nitrogen and oxygen atoms in total. The van der Waals surface area contributed by atoms with Crippen LogP contribution < -0.4 is 5.32 Å². The van der Waals surface area contributed by atoms with Gasteiger partial charge in [0.25, 0.3) is 0 Å². The van der Waals surface area contributed by atoms with Crippen LogP contribution in [-0.2, 0) is 9.59 Å². The summed E-state index contributed by atoms with van der Waals surface area (Å²) < 4.78 is 0. The van der Waals surface area contributed by atoms with Gasteiger partial charge < -0.3 is 5.32 Å². The number of carbonyl (C=O) groups is 2. The molecule has 0 aromatic rings. The van der Waals surface area contributed by atoms with Gasteiger partial charge in [0.2, 0.25) is 5.91 Å². The molecule has 2 unspecified atom stereocenters. The monoisotopic (exact) mass is 431 g/mol. The first-order chi connectivity index (χ1) is 15.1. The Bertz CT molecular complexity index is 539. The molecule has 31 heavy (non-hydrogen) atoms. The van der Waals surface area contributed by atoms with E-state index in [1.54, 1.807) is 0 Å². The quantitative estimate of drug-likeness (QED) is 0.242. The lowest BCUT2D eigenvalue weighted by Gasteiger charge is -2.55. The molecule has 4 fully saturated rings. The van der Waals surface area contributed by atoms with Crippen molar-refractivity contribution in [2.24, 2.45) is 17.8 Å². The number of unbranched alkanes of at least 4 members (excludes halogenated alkanes) is 14. The lowest BCUT2D eigenvalue weighted by atomic mass is 9.52. The van der Waals surface area contributed by atoms with Gasteiger partial charge >= 0.3 is 0 Å². The maximum atomic E-state index is 12.5. The molecule has 0 spiro atoms. The van der Waals surface area contributed by atoms with Gasteiger partial charge in [-0.2, -0.15) is 0 Å². The standard InChI is InChI=1S/C28H49NO2/c1-2-3-4-5-6-7-8-9-10-11-12-13-14-15-16-17-26(30)29-28-20-23-18-24(21-28)27(31)25(19-23)22-28/h23-25H,2-22H2,1H3,(H,29,30). The zero-order chi connectivity index (χ0) is 21.9. The number of hydrogen-bond acceptors (Lipinski definition) is 2. The van der Waals surface area contributed by atoms with Crippen LogP contribution in [0, 0.1) is 17.8 Å². The second-order valence-electron chi connectivity index (χ2n) is 11.3. The van der Waals surface area contributed by atoms with Crippen molar-refractivity contribution in [2.75, 3.05) is 0 Å². The van der Waals surface area contributed by atoms with Crippen molar-refractivity contribution in [3.8, 4) is 0 Å². The summed E-state index contributed by atoms with van der Waals surface area (Å²) in [6.07, 6.45) is 26.1. The Labute approximate surface area is 191 Å². The minimum atomic E-state index is -0.0308. The van der Waals surface area contributed by atoms with E-state index in [9.17, 15) is 9.59 Å².